The molecule has 9 heteroatoms. The summed E-state index contributed by atoms with van der Waals surface area (Å²) < 4.78 is 10.8. The average Bonchev–Trinajstić information content (AvgIpc) is 3.44. The van der Waals surface area contributed by atoms with Crippen LogP contribution in [0.25, 0.3) is 0 Å². The number of phenols is 1. The molecule has 4 atom stereocenters. The summed E-state index contributed by atoms with van der Waals surface area (Å²) in [6, 6.07) is 15.8. The van der Waals surface area contributed by atoms with Gasteiger partial charge in [-0.15, -0.1) is 0 Å². The molecule has 0 saturated carbocycles. The molecule has 2 heterocycles. The van der Waals surface area contributed by atoms with Gasteiger partial charge in [-0.25, -0.2) is 10.9 Å². The van der Waals surface area contributed by atoms with Gasteiger partial charge in [0, 0.05) is 28.1 Å². The second-order valence-electron chi connectivity index (χ2n) is 9.45. The van der Waals surface area contributed by atoms with E-state index in [1.54, 1.807) is 26.4 Å². The summed E-state index contributed by atoms with van der Waals surface area (Å²) in [6.45, 7) is 2.35. The SMILES string of the molecule is COc1ccc(CCN2C(=O)C3NNC(c4cc(Cl)c(C)cc4O)C3C2c2ccc(Cl)cc2)cc1OC. The average molecular weight is 542 g/mol. The van der Waals surface area contributed by atoms with Crippen molar-refractivity contribution < 1.29 is 19.4 Å². The smallest absolute Gasteiger partial charge is 0.242 e. The fourth-order valence-corrected chi connectivity index (χ4v) is 5.79. The maximum Gasteiger partial charge on any atom is 0.242 e. The second-order valence-corrected chi connectivity index (χ2v) is 10.3. The minimum absolute atomic E-state index is 0.00174. The Morgan fingerprint density at radius 3 is 2.35 bits per heavy atom. The molecule has 0 radical (unpaired) electrons. The Balaban J connectivity index is 1.50. The van der Waals surface area contributed by atoms with Crippen LogP contribution in [0.1, 0.15) is 34.3 Å². The van der Waals surface area contributed by atoms with E-state index in [1.165, 1.54) is 0 Å². The number of ether oxygens (including phenoxy) is 2. The third kappa shape index (κ3) is 4.73. The van der Waals surface area contributed by atoms with Crippen molar-refractivity contribution in [3.63, 3.8) is 0 Å². The summed E-state index contributed by atoms with van der Waals surface area (Å²) in [5, 5.41) is 12.0. The number of aromatic hydroxyl groups is 1. The molecule has 2 aliphatic rings. The number of halogens is 2. The molecule has 3 aromatic rings. The van der Waals surface area contributed by atoms with E-state index in [-0.39, 0.29) is 29.7 Å². The first kappa shape index (κ1) is 25.7. The third-order valence-electron chi connectivity index (χ3n) is 7.36. The summed E-state index contributed by atoms with van der Waals surface area (Å²) in [6.07, 6.45) is 0.634. The Hall–Kier alpha value is -2.97. The maximum absolute atomic E-state index is 13.7. The number of rotatable bonds is 7. The quantitative estimate of drug-likeness (QED) is 0.391. The van der Waals surface area contributed by atoms with E-state index in [2.05, 4.69) is 10.9 Å². The minimum Gasteiger partial charge on any atom is -0.508 e. The van der Waals surface area contributed by atoms with Gasteiger partial charge in [0.05, 0.1) is 26.3 Å². The van der Waals surface area contributed by atoms with Crippen LogP contribution < -0.4 is 20.3 Å². The molecule has 37 heavy (non-hydrogen) atoms. The van der Waals surface area contributed by atoms with Crippen LogP contribution in [0.5, 0.6) is 17.2 Å². The first-order valence-electron chi connectivity index (χ1n) is 12.1. The number of amides is 1. The van der Waals surface area contributed by atoms with Crippen LogP contribution in [-0.2, 0) is 11.2 Å². The van der Waals surface area contributed by atoms with E-state index in [9.17, 15) is 9.90 Å². The van der Waals surface area contributed by atoms with E-state index in [1.807, 2.05) is 54.3 Å². The number of likely N-dealkylation sites (tertiary alicyclic amines) is 1. The van der Waals surface area contributed by atoms with Crippen molar-refractivity contribution >= 4 is 29.1 Å². The van der Waals surface area contributed by atoms with Gasteiger partial charge in [-0.05, 0) is 66.4 Å². The fourth-order valence-electron chi connectivity index (χ4n) is 5.49. The number of benzene rings is 3. The standard InChI is InChI=1S/C28H29Cl2N3O4/c1-15-12-21(34)19(14-20(15)30)25-24-26(32-31-25)28(35)33(27(24)17-5-7-18(29)8-6-17)11-10-16-4-9-22(36-2)23(13-16)37-3/h4-9,12-14,24-27,31-32,34H,10-11H2,1-3H3. The highest BCUT2D eigenvalue weighted by Gasteiger charge is 2.55. The number of aryl methyl sites for hydroxylation is 1. The number of nitrogens with one attached hydrogen (secondary N) is 2. The lowest BCUT2D eigenvalue weighted by Gasteiger charge is -2.31. The highest BCUT2D eigenvalue weighted by molar-refractivity contribution is 6.31. The van der Waals surface area contributed by atoms with E-state index in [0.717, 1.165) is 16.7 Å². The van der Waals surface area contributed by atoms with Gasteiger partial charge in [-0.3, -0.25) is 4.79 Å². The van der Waals surface area contributed by atoms with Gasteiger partial charge in [-0.2, -0.15) is 0 Å². The lowest BCUT2D eigenvalue weighted by Crippen LogP contribution is -2.42. The molecule has 0 spiro atoms. The zero-order valence-electron chi connectivity index (χ0n) is 20.8. The number of hydrazine groups is 1. The van der Waals surface area contributed by atoms with Gasteiger partial charge in [0.15, 0.2) is 11.5 Å². The summed E-state index contributed by atoms with van der Waals surface area (Å²) in [7, 11) is 3.21. The molecular weight excluding hydrogens is 513 g/mol. The van der Waals surface area contributed by atoms with Crippen LogP contribution in [0.15, 0.2) is 54.6 Å². The van der Waals surface area contributed by atoms with Crippen LogP contribution in [0.3, 0.4) is 0 Å². The van der Waals surface area contributed by atoms with Crippen molar-refractivity contribution in [1.82, 2.24) is 15.8 Å². The molecule has 2 fully saturated rings. The number of hydrogen-bond donors (Lipinski definition) is 3. The molecule has 2 saturated heterocycles. The number of fused-ring (bicyclic) bond motifs is 1. The number of nitrogens with zero attached hydrogens (tertiary/aromatic N) is 1. The second kappa shape index (κ2) is 10.4. The number of hydrogen-bond acceptors (Lipinski definition) is 6. The molecule has 3 aromatic carbocycles. The van der Waals surface area contributed by atoms with Crippen LogP contribution in [0.2, 0.25) is 10.0 Å². The number of carbonyl (C=O) groups is 1. The zero-order valence-corrected chi connectivity index (χ0v) is 22.3. The Morgan fingerprint density at radius 1 is 0.946 bits per heavy atom. The van der Waals surface area contributed by atoms with E-state index < -0.39 is 6.04 Å². The lowest BCUT2D eigenvalue weighted by molar-refractivity contribution is -0.130. The number of phenolic OH excluding ortho intramolecular Hbond substituents is 1. The van der Waals surface area contributed by atoms with Gasteiger partial charge < -0.3 is 19.5 Å². The largest absolute Gasteiger partial charge is 0.508 e. The maximum atomic E-state index is 13.7. The van der Waals surface area contributed by atoms with Crippen molar-refractivity contribution in [3.8, 4) is 17.2 Å². The van der Waals surface area contributed by atoms with Crippen LogP contribution in [-0.4, -0.2) is 42.7 Å². The Kier molecular flexibility index (Phi) is 7.23. The van der Waals surface area contributed by atoms with Crippen molar-refractivity contribution in [2.45, 2.75) is 31.5 Å². The van der Waals surface area contributed by atoms with Gasteiger partial charge in [0.25, 0.3) is 0 Å². The first-order valence-corrected chi connectivity index (χ1v) is 12.8. The highest BCUT2D eigenvalue weighted by Crippen LogP contribution is 2.49. The molecule has 3 N–H and O–H groups in total. The molecule has 0 bridgehead atoms. The molecule has 1 amide bonds. The van der Waals surface area contributed by atoms with Gasteiger partial charge in [-0.1, -0.05) is 41.4 Å². The predicted molar refractivity (Wildman–Crippen MR) is 143 cm³/mol. The van der Waals surface area contributed by atoms with E-state index in [4.69, 9.17) is 32.7 Å². The molecule has 0 aliphatic carbocycles. The lowest BCUT2D eigenvalue weighted by atomic mass is 9.83. The third-order valence-corrected chi connectivity index (χ3v) is 8.02. The van der Waals surface area contributed by atoms with E-state index >= 15 is 0 Å². The Labute approximate surface area is 226 Å². The van der Waals surface area contributed by atoms with Crippen molar-refractivity contribution in [2.24, 2.45) is 5.92 Å². The zero-order chi connectivity index (χ0) is 26.3. The van der Waals surface area contributed by atoms with E-state index in [0.29, 0.717) is 40.1 Å². The molecule has 194 valence electrons. The van der Waals surface area contributed by atoms with Crippen molar-refractivity contribution in [1.29, 1.82) is 0 Å². The van der Waals surface area contributed by atoms with Crippen molar-refractivity contribution in [2.75, 3.05) is 20.8 Å². The van der Waals surface area contributed by atoms with Crippen LogP contribution in [0, 0.1) is 12.8 Å². The van der Waals surface area contributed by atoms with Crippen molar-refractivity contribution in [3.05, 3.63) is 86.9 Å². The number of methoxy groups -OCH3 is 2. The summed E-state index contributed by atoms with van der Waals surface area (Å²) >= 11 is 12.6. The minimum atomic E-state index is -0.462. The summed E-state index contributed by atoms with van der Waals surface area (Å²) in [4.78, 5) is 15.6. The normalized spacial score (nSPS) is 22.8. The van der Waals surface area contributed by atoms with Gasteiger partial charge in [0.1, 0.15) is 11.8 Å². The Bertz CT molecular complexity index is 1320. The highest BCUT2D eigenvalue weighted by atomic mass is 35.5. The molecule has 4 unspecified atom stereocenters. The molecule has 7 nitrogen and oxygen atoms in total. The molecule has 0 aromatic heterocycles. The Morgan fingerprint density at radius 2 is 1.65 bits per heavy atom. The summed E-state index contributed by atoms with van der Waals surface area (Å²) in [5.74, 6) is 1.26. The van der Waals surface area contributed by atoms with Crippen LogP contribution in [0.4, 0.5) is 0 Å². The predicted octanol–water partition coefficient (Wildman–Crippen LogP) is 4.98. The monoisotopic (exact) mass is 541 g/mol. The molecular formula is C28H29Cl2N3O4. The molecule has 5 rings (SSSR count). The van der Waals surface area contributed by atoms with Crippen LogP contribution >= 0.6 is 23.2 Å². The molecule has 2 aliphatic heterocycles. The van der Waals surface area contributed by atoms with Gasteiger partial charge in [0.2, 0.25) is 5.91 Å². The summed E-state index contributed by atoms with van der Waals surface area (Å²) in [5.41, 5.74) is 9.90. The first-order chi connectivity index (χ1) is 17.8. The topological polar surface area (TPSA) is 83.1 Å². The fraction of sp³-hybridized carbons (Fsp3) is 0.321. The number of carbonyl (C=O) groups excluding carboxylic acids is 1. The van der Waals surface area contributed by atoms with Gasteiger partial charge >= 0.3 is 0 Å².